The maximum atomic E-state index is 13.4. The fourth-order valence-electron chi connectivity index (χ4n) is 4.16. The zero-order chi connectivity index (χ0) is 23.4. The Balaban J connectivity index is 1.63. The lowest BCUT2D eigenvalue weighted by Crippen LogP contribution is -2.37. The molecule has 2 amide bonds. The second-order valence-corrected chi connectivity index (χ2v) is 9.19. The summed E-state index contributed by atoms with van der Waals surface area (Å²) in [5, 5.41) is 15.8. The fraction of sp³-hybridized carbons (Fsp3) is 0.269. The lowest BCUT2D eigenvalue weighted by Gasteiger charge is -2.19. The smallest absolute Gasteiger partial charge is 0.339 e. The number of aromatic carboxylic acids is 1. The zero-order valence-corrected chi connectivity index (χ0v) is 19.2. The van der Waals surface area contributed by atoms with E-state index >= 15 is 0 Å². The van der Waals surface area contributed by atoms with Crippen LogP contribution in [0.15, 0.2) is 54.6 Å². The molecule has 1 atom stereocenters. The van der Waals surface area contributed by atoms with Crippen molar-refractivity contribution in [1.82, 2.24) is 5.32 Å². The van der Waals surface area contributed by atoms with Crippen LogP contribution in [-0.4, -0.2) is 22.9 Å². The van der Waals surface area contributed by atoms with Gasteiger partial charge >= 0.3 is 5.97 Å². The Morgan fingerprint density at radius 2 is 1.79 bits per heavy atom. The van der Waals surface area contributed by atoms with E-state index in [1.54, 1.807) is 30.3 Å². The molecule has 7 heteroatoms. The lowest BCUT2D eigenvalue weighted by molar-refractivity contribution is -0.118. The molecule has 0 spiro atoms. The standard InChI is InChI=1S/C26H26N2O4S/c1-2-16-9-8-12-18(15-16)23(29)27-22(17-10-4-3-5-11-17)24(30)28-25-21(26(31)32)19-13-6-7-14-20(19)33-25/h3-5,8-12,15,22H,2,6-7,13-14H2,1H3,(H,27,29)(H,28,30)(H,31,32). The van der Waals surface area contributed by atoms with E-state index < -0.39 is 17.9 Å². The molecule has 1 aromatic heterocycles. The lowest BCUT2D eigenvalue weighted by atomic mass is 9.95. The van der Waals surface area contributed by atoms with Gasteiger partial charge in [-0.15, -0.1) is 11.3 Å². The Labute approximate surface area is 196 Å². The van der Waals surface area contributed by atoms with Crippen molar-refractivity contribution < 1.29 is 19.5 Å². The normalized spacial score (nSPS) is 13.6. The molecular weight excluding hydrogens is 436 g/mol. The summed E-state index contributed by atoms with van der Waals surface area (Å²) in [5.74, 6) is -1.87. The van der Waals surface area contributed by atoms with Crippen LogP contribution in [0.25, 0.3) is 0 Å². The molecule has 1 heterocycles. The molecule has 0 radical (unpaired) electrons. The predicted molar refractivity (Wildman–Crippen MR) is 129 cm³/mol. The van der Waals surface area contributed by atoms with Gasteiger partial charge in [-0.2, -0.15) is 0 Å². The van der Waals surface area contributed by atoms with E-state index in [4.69, 9.17) is 0 Å². The van der Waals surface area contributed by atoms with E-state index in [0.29, 0.717) is 22.5 Å². The first kappa shape index (κ1) is 22.7. The van der Waals surface area contributed by atoms with Gasteiger partial charge in [-0.05, 0) is 60.9 Å². The van der Waals surface area contributed by atoms with Gasteiger partial charge in [0.1, 0.15) is 11.0 Å². The molecular formula is C26H26N2O4S. The number of hydrogen-bond donors (Lipinski definition) is 3. The summed E-state index contributed by atoms with van der Waals surface area (Å²) in [6.45, 7) is 2.01. The van der Waals surface area contributed by atoms with E-state index in [-0.39, 0.29) is 11.5 Å². The topological polar surface area (TPSA) is 95.5 Å². The van der Waals surface area contributed by atoms with Crippen molar-refractivity contribution in [2.24, 2.45) is 0 Å². The van der Waals surface area contributed by atoms with Crippen LogP contribution in [0.1, 0.15) is 68.1 Å². The largest absolute Gasteiger partial charge is 0.478 e. The van der Waals surface area contributed by atoms with Gasteiger partial charge < -0.3 is 15.7 Å². The summed E-state index contributed by atoms with van der Waals surface area (Å²) in [6.07, 6.45) is 4.28. The van der Waals surface area contributed by atoms with Crippen LogP contribution in [0.3, 0.4) is 0 Å². The van der Waals surface area contributed by atoms with Gasteiger partial charge in [0.15, 0.2) is 0 Å². The van der Waals surface area contributed by atoms with Crippen LogP contribution in [0, 0.1) is 0 Å². The number of carbonyl (C=O) groups is 3. The Morgan fingerprint density at radius 1 is 1.03 bits per heavy atom. The minimum Gasteiger partial charge on any atom is -0.478 e. The molecule has 170 valence electrons. The molecule has 3 N–H and O–H groups in total. The Kier molecular flexibility index (Phi) is 6.89. The predicted octanol–water partition coefficient (Wildman–Crippen LogP) is 5.00. The molecule has 4 rings (SSSR count). The average molecular weight is 463 g/mol. The highest BCUT2D eigenvalue weighted by Gasteiger charge is 2.29. The van der Waals surface area contributed by atoms with E-state index in [0.717, 1.165) is 41.7 Å². The summed E-state index contributed by atoms with van der Waals surface area (Å²) < 4.78 is 0. The number of hydrogen-bond acceptors (Lipinski definition) is 4. The first-order valence-corrected chi connectivity index (χ1v) is 11.9. The Hall–Kier alpha value is -3.45. The summed E-state index contributed by atoms with van der Waals surface area (Å²) in [5.41, 5.74) is 3.12. The first-order valence-electron chi connectivity index (χ1n) is 11.1. The van der Waals surface area contributed by atoms with Crippen LogP contribution < -0.4 is 10.6 Å². The van der Waals surface area contributed by atoms with Crippen LogP contribution in [0.5, 0.6) is 0 Å². The minimum absolute atomic E-state index is 0.178. The number of carboxylic acid groups (broad SMARTS) is 1. The third-order valence-electron chi connectivity index (χ3n) is 5.89. The molecule has 33 heavy (non-hydrogen) atoms. The summed E-state index contributed by atoms with van der Waals surface area (Å²) in [6, 6.07) is 15.3. The van der Waals surface area contributed by atoms with Crippen molar-refractivity contribution in [1.29, 1.82) is 0 Å². The molecule has 6 nitrogen and oxygen atoms in total. The van der Waals surface area contributed by atoms with Gasteiger partial charge in [0.05, 0.1) is 5.56 Å². The van der Waals surface area contributed by atoms with Crippen LogP contribution in [0.2, 0.25) is 0 Å². The molecule has 1 unspecified atom stereocenters. The van der Waals surface area contributed by atoms with Gasteiger partial charge in [0.2, 0.25) is 0 Å². The van der Waals surface area contributed by atoms with Crippen molar-refractivity contribution >= 4 is 34.1 Å². The number of nitrogens with one attached hydrogen (secondary N) is 2. The molecule has 0 aliphatic heterocycles. The third-order valence-corrected chi connectivity index (χ3v) is 7.10. The quantitative estimate of drug-likeness (QED) is 0.461. The monoisotopic (exact) mass is 462 g/mol. The maximum Gasteiger partial charge on any atom is 0.339 e. The van der Waals surface area contributed by atoms with Gasteiger partial charge in [0, 0.05) is 10.4 Å². The molecule has 1 aliphatic carbocycles. The maximum absolute atomic E-state index is 13.4. The highest BCUT2D eigenvalue weighted by atomic mass is 32.1. The molecule has 2 aromatic carbocycles. The second-order valence-electron chi connectivity index (χ2n) is 8.08. The van der Waals surface area contributed by atoms with Crippen LogP contribution in [0.4, 0.5) is 5.00 Å². The fourth-order valence-corrected chi connectivity index (χ4v) is 5.44. The molecule has 0 bridgehead atoms. The highest BCUT2D eigenvalue weighted by Crippen LogP contribution is 2.38. The molecule has 0 fully saturated rings. The Bertz CT molecular complexity index is 1190. The minimum atomic E-state index is -1.04. The van der Waals surface area contributed by atoms with E-state index in [1.165, 1.54) is 11.3 Å². The van der Waals surface area contributed by atoms with Gasteiger partial charge in [0.25, 0.3) is 11.8 Å². The van der Waals surface area contributed by atoms with Gasteiger partial charge in [-0.3, -0.25) is 9.59 Å². The number of benzene rings is 2. The number of anilines is 1. The summed E-state index contributed by atoms with van der Waals surface area (Å²) in [7, 11) is 0. The molecule has 0 saturated heterocycles. The van der Waals surface area contributed by atoms with Gasteiger partial charge in [-0.25, -0.2) is 4.79 Å². The van der Waals surface area contributed by atoms with E-state index in [2.05, 4.69) is 10.6 Å². The Morgan fingerprint density at radius 3 is 2.52 bits per heavy atom. The SMILES string of the molecule is CCc1cccc(C(=O)NC(C(=O)Nc2sc3c(c2C(=O)O)CCCC3)c2ccccc2)c1. The second kappa shape index (κ2) is 10.0. The number of carbonyl (C=O) groups excluding carboxylic acids is 2. The number of carboxylic acids is 1. The first-order chi connectivity index (χ1) is 16.0. The molecule has 1 aliphatic rings. The number of rotatable bonds is 7. The average Bonchev–Trinajstić information content (AvgIpc) is 3.20. The van der Waals surface area contributed by atoms with Crippen LogP contribution >= 0.6 is 11.3 Å². The molecule has 0 saturated carbocycles. The van der Waals surface area contributed by atoms with E-state index in [9.17, 15) is 19.5 Å². The van der Waals surface area contributed by atoms with Crippen molar-refractivity contribution in [3.8, 4) is 0 Å². The highest BCUT2D eigenvalue weighted by molar-refractivity contribution is 7.17. The number of amides is 2. The van der Waals surface area contributed by atoms with Crippen molar-refractivity contribution in [2.45, 2.75) is 45.1 Å². The van der Waals surface area contributed by atoms with Crippen molar-refractivity contribution in [3.05, 3.63) is 87.3 Å². The summed E-state index contributed by atoms with van der Waals surface area (Å²) >= 11 is 1.33. The van der Waals surface area contributed by atoms with Gasteiger partial charge in [-0.1, -0.05) is 49.4 Å². The van der Waals surface area contributed by atoms with Crippen molar-refractivity contribution in [2.75, 3.05) is 5.32 Å². The van der Waals surface area contributed by atoms with Crippen molar-refractivity contribution in [3.63, 3.8) is 0 Å². The number of thiophene rings is 1. The summed E-state index contributed by atoms with van der Waals surface area (Å²) in [4.78, 5) is 39.4. The molecule has 3 aromatic rings. The van der Waals surface area contributed by atoms with Crippen LogP contribution in [-0.2, 0) is 24.1 Å². The number of fused-ring (bicyclic) bond motifs is 1. The number of aryl methyl sites for hydroxylation is 2. The zero-order valence-electron chi connectivity index (χ0n) is 18.4. The van der Waals surface area contributed by atoms with E-state index in [1.807, 2.05) is 31.2 Å². The third kappa shape index (κ3) is 4.98.